The van der Waals surface area contributed by atoms with Crippen LogP contribution in [-0.2, 0) is 4.79 Å². The SMILES string of the molecule is CC(C=CC(C)(O)C(C)C)C1CCC2=C3C=CC4=CC(=O)CCC4(C)C3CCC21C. The molecule has 6 atom stereocenters. The molecule has 1 saturated carbocycles. The van der Waals surface area contributed by atoms with Gasteiger partial charge in [-0.05, 0) is 90.8 Å². The Morgan fingerprint density at radius 1 is 1.10 bits per heavy atom. The van der Waals surface area contributed by atoms with Gasteiger partial charge >= 0.3 is 0 Å². The van der Waals surface area contributed by atoms with E-state index < -0.39 is 5.60 Å². The summed E-state index contributed by atoms with van der Waals surface area (Å²) in [7, 11) is 0. The van der Waals surface area contributed by atoms with E-state index in [-0.39, 0.29) is 16.7 Å². The zero-order chi connectivity index (χ0) is 21.9. The number of carbonyl (C=O) groups excluding carboxylic acids is 1. The number of fused-ring (bicyclic) bond motifs is 4. The molecule has 164 valence electrons. The zero-order valence-electron chi connectivity index (χ0n) is 19.8. The number of hydrogen-bond acceptors (Lipinski definition) is 2. The molecule has 30 heavy (non-hydrogen) atoms. The first-order valence-electron chi connectivity index (χ1n) is 12.1. The van der Waals surface area contributed by atoms with Crippen LogP contribution in [0.3, 0.4) is 0 Å². The predicted octanol–water partition coefficient (Wildman–Crippen LogP) is 6.57. The average Bonchev–Trinajstić information content (AvgIpc) is 3.04. The third-order valence-corrected chi connectivity index (χ3v) is 9.51. The van der Waals surface area contributed by atoms with Crippen molar-refractivity contribution in [1.82, 2.24) is 0 Å². The first-order chi connectivity index (χ1) is 14.0. The molecule has 4 aliphatic rings. The Hall–Kier alpha value is -1.41. The Labute approximate surface area is 183 Å². The molecule has 0 radical (unpaired) electrons. The summed E-state index contributed by atoms with van der Waals surface area (Å²) in [5.74, 6) is 2.16. The van der Waals surface area contributed by atoms with Crippen molar-refractivity contribution in [2.75, 3.05) is 0 Å². The number of allylic oxidation sites excluding steroid dienone is 7. The molecule has 6 unspecified atom stereocenters. The fourth-order valence-electron chi connectivity index (χ4n) is 6.87. The number of ketones is 1. The van der Waals surface area contributed by atoms with E-state index in [4.69, 9.17) is 0 Å². The highest BCUT2D eigenvalue weighted by atomic mass is 16.3. The zero-order valence-corrected chi connectivity index (χ0v) is 19.8. The second kappa shape index (κ2) is 7.33. The van der Waals surface area contributed by atoms with Gasteiger partial charge in [0.1, 0.15) is 0 Å². The van der Waals surface area contributed by atoms with Crippen molar-refractivity contribution in [3.05, 3.63) is 47.1 Å². The Morgan fingerprint density at radius 2 is 1.83 bits per heavy atom. The predicted molar refractivity (Wildman–Crippen MR) is 124 cm³/mol. The van der Waals surface area contributed by atoms with Crippen LogP contribution < -0.4 is 0 Å². The van der Waals surface area contributed by atoms with E-state index in [1.54, 1.807) is 11.1 Å². The van der Waals surface area contributed by atoms with Crippen molar-refractivity contribution in [2.24, 2.45) is 34.5 Å². The third kappa shape index (κ3) is 3.30. The minimum absolute atomic E-state index is 0.131. The van der Waals surface area contributed by atoms with Crippen molar-refractivity contribution in [3.63, 3.8) is 0 Å². The van der Waals surface area contributed by atoms with Crippen LogP contribution >= 0.6 is 0 Å². The Morgan fingerprint density at radius 3 is 2.53 bits per heavy atom. The Balaban J connectivity index is 1.65. The van der Waals surface area contributed by atoms with Gasteiger partial charge in [-0.1, -0.05) is 64.5 Å². The van der Waals surface area contributed by atoms with Crippen molar-refractivity contribution >= 4 is 5.78 Å². The van der Waals surface area contributed by atoms with Crippen LogP contribution in [0, 0.1) is 34.5 Å². The number of rotatable bonds is 4. The number of aliphatic hydroxyl groups is 1. The molecule has 4 rings (SSSR count). The number of hydrogen-bond donors (Lipinski definition) is 1. The van der Waals surface area contributed by atoms with Gasteiger partial charge in [-0.2, -0.15) is 0 Å². The van der Waals surface area contributed by atoms with Crippen molar-refractivity contribution < 1.29 is 9.90 Å². The highest BCUT2D eigenvalue weighted by Gasteiger charge is 2.53. The molecule has 0 bridgehead atoms. The molecule has 1 fully saturated rings. The molecule has 0 aromatic rings. The Kier molecular flexibility index (Phi) is 5.33. The molecule has 0 aliphatic heterocycles. The number of carbonyl (C=O) groups is 1. The molecule has 2 nitrogen and oxygen atoms in total. The molecule has 0 aromatic carbocycles. The lowest BCUT2D eigenvalue weighted by Gasteiger charge is -2.51. The van der Waals surface area contributed by atoms with E-state index in [9.17, 15) is 9.90 Å². The van der Waals surface area contributed by atoms with Gasteiger partial charge in [0.25, 0.3) is 0 Å². The van der Waals surface area contributed by atoms with Gasteiger partial charge in [0, 0.05) is 6.42 Å². The molecule has 2 heteroatoms. The summed E-state index contributed by atoms with van der Waals surface area (Å²) in [6, 6.07) is 0. The second-order valence-corrected chi connectivity index (χ2v) is 11.5. The van der Waals surface area contributed by atoms with Crippen LogP contribution in [0.15, 0.2) is 47.1 Å². The summed E-state index contributed by atoms with van der Waals surface area (Å²) in [5.41, 5.74) is 4.18. The lowest BCUT2D eigenvalue weighted by atomic mass is 9.53. The first kappa shape index (κ1) is 21.8. The summed E-state index contributed by atoms with van der Waals surface area (Å²) in [4.78, 5) is 12.0. The van der Waals surface area contributed by atoms with E-state index in [2.05, 4.69) is 52.8 Å². The summed E-state index contributed by atoms with van der Waals surface area (Å²) >= 11 is 0. The van der Waals surface area contributed by atoms with Crippen LogP contribution in [0.25, 0.3) is 0 Å². The minimum atomic E-state index is -0.741. The molecule has 1 N–H and O–H groups in total. The van der Waals surface area contributed by atoms with Crippen molar-refractivity contribution in [1.29, 1.82) is 0 Å². The molecular weight excluding hydrogens is 368 g/mol. The second-order valence-electron chi connectivity index (χ2n) is 11.5. The topological polar surface area (TPSA) is 37.3 Å². The fraction of sp³-hybridized carbons (Fsp3) is 0.679. The molecule has 0 heterocycles. The maximum atomic E-state index is 12.0. The van der Waals surface area contributed by atoms with Crippen LogP contribution in [-0.4, -0.2) is 16.5 Å². The molecular formula is C28H40O2. The Bertz CT molecular complexity index is 852. The largest absolute Gasteiger partial charge is 0.386 e. The van der Waals surface area contributed by atoms with Crippen LogP contribution in [0.4, 0.5) is 0 Å². The highest BCUT2D eigenvalue weighted by molar-refractivity contribution is 5.92. The van der Waals surface area contributed by atoms with Gasteiger partial charge in [-0.25, -0.2) is 0 Å². The third-order valence-electron chi connectivity index (χ3n) is 9.51. The maximum absolute atomic E-state index is 12.0. The molecule has 0 saturated heterocycles. The lowest BCUT2D eigenvalue weighted by molar-refractivity contribution is -0.116. The van der Waals surface area contributed by atoms with E-state index in [0.29, 0.717) is 30.0 Å². The quantitative estimate of drug-likeness (QED) is 0.534. The van der Waals surface area contributed by atoms with Crippen LogP contribution in [0.2, 0.25) is 0 Å². The standard InChI is InChI=1S/C28H40O2/c1-18(2)28(6,30)16-11-19(3)23-9-10-24-22-8-7-20-17-21(29)12-14-26(20,4)25(22)13-15-27(23,24)5/h7-8,11,16-19,23,25,30H,9-10,12-15H2,1-6H3. The van der Waals surface area contributed by atoms with E-state index in [0.717, 1.165) is 6.42 Å². The molecule has 0 spiro atoms. The van der Waals surface area contributed by atoms with Crippen LogP contribution in [0.5, 0.6) is 0 Å². The van der Waals surface area contributed by atoms with Gasteiger partial charge in [-0.15, -0.1) is 0 Å². The summed E-state index contributed by atoms with van der Waals surface area (Å²) in [5, 5.41) is 10.7. The van der Waals surface area contributed by atoms with Gasteiger partial charge in [0.05, 0.1) is 5.60 Å². The maximum Gasteiger partial charge on any atom is 0.156 e. The van der Waals surface area contributed by atoms with Crippen molar-refractivity contribution in [3.8, 4) is 0 Å². The summed E-state index contributed by atoms with van der Waals surface area (Å²) in [6.45, 7) is 13.3. The smallest absolute Gasteiger partial charge is 0.156 e. The van der Waals surface area contributed by atoms with Crippen LogP contribution in [0.1, 0.15) is 80.1 Å². The summed E-state index contributed by atoms with van der Waals surface area (Å²) < 4.78 is 0. The molecule has 0 aromatic heterocycles. The van der Waals surface area contributed by atoms with Gasteiger partial charge < -0.3 is 5.11 Å². The van der Waals surface area contributed by atoms with Crippen molar-refractivity contribution in [2.45, 2.75) is 85.7 Å². The average molecular weight is 409 g/mol. The highest BCUT2D eigenvalue weighted by Crippen LogP contribution is 2.63. The minimum Gasteiger partial charge on any atom is -0.386 e. The van der Waals surface area contributed by atoms with E-state index >= 15 is 0 Å². The van der Waals surface area contributed by atoms with E-state index in [1.165, 1.54) is 31.3 Å². The molecule has 0 amide bonds. The van der Waals surface area contributed by atoms with Gasteiger partial charge in [0.15, 0.2) is 5.78 Å². The summed E-state index contributed by atoms with van der Waals surface area (Å²) in [6.07, 6.45) is 17.4. The lowest BCUT2D eigenvalue weighted by Crippen LogP contribution is -2.41. The normalized spacial score (nSPS) is 38.9. The monoisotopic (exact) mass is 408 g/mol. The first-order valence-corrected chi connectivity index (χ1v) is 12.1. The molecule has 4 aliphatic carbocycles. The van der Waals surface area contributed by atoms with Gasteiger partial charge in [-0.3, -0.25) is 4.79 Å². The fourth-order valence-corrected chi connectivity index (χ4v) is 6.87. The van der Waals surface area contributed by atoms with E-state index in [1.807, 2.05) is 19.1 Å². The van der Waals surface area contributed by atoms with Gasteiger partial charge in [0.2, 0.25) is 0 Å².